The maximum Gasteiger partial charge on any atom is 0.0447 e. The highest BCUT2D eigenvalue weighted by molar-refractivity contribution is 9.10. The molecule has 0 radical (unpaired) electrons. The molecule has 1 saturated carbocycles. The van der Waals surface area contributed by atoms with Crippen molar-refractivity contribution in [3.05, 3.63) is 28.2 Å². The van der Waals surface area contributed by atoms with E-state index in [0.29, 0.717) is 12.6 Å². The van der Waals surface area contributed by atoms with Crippen LogP contribution in [0.1, 0.15) is 31.2 Å². The largest absolute Gasteiger partial charge is 0.396 e. The van der Waals surface area contributed by atoms with Crippen molar-refractivity contribution in [1.82, 2.24) is 0 Å². The Kier molecular flexibility index (Phi) is 5.03. The van der Waals surface area contributed by atoms with Gasteiger partial charge in [0, 0.05) is 35.9 Å². The molecule has 0 aliphatic heterocycles. The van der Waals surface area contributed by atoms with Gasteiger partial charge in [-0.1, -0.05) is 15.9 Å². The number of nitrogens with zero attached hydrogens (tertiary/aromatic N) is 1. The fourth-order valence-electron chi connectivity index (χ4n) is 2.44. The number of aliphatic hydroxyl groups excluding tert-OH is 1. The predicted octanol–water partition coefficient (Wildman–Crippen LogP) is 2.65. The lowest BCUT2D eigenvalue weighted by Crippen LogP contribution is -2.41. The van der Waals surface area contributed by atoms with Crippen LogP contribution in [0.25, 0.3) is 0 Å². The van der Waals surface area contributed by atoms with Crippen molar-refractivity contribution in [2.24, 2.45) is 5.73 Å². The van der Waals surface area contributed by atoms with Crippen molar-refractivity contribution >= 4 is 21.6 Å². The third kappa shape index (κ3) is 3.05. The molecular weight excluding hydrogens is 292 g/mol. The number of hydrogen-bond donors (Lipinski definition) is 2. The molecule has 3 nitrogen and oxygen atoms in total. The summed E-state index contributed by atoms with van der Waals surface area (Å²) in [6.07, 6.45) is 4.64. The van der Waals surface area contributed by atoms with E-state index in [0.717, 1.165) is 17.4 Å². The molecule has 0 heterocycles. The van der Waals surface area contributed by atoms with Crippen LogP contribution in [-0.2, 0) is 6.54 Å². The Balaban J connectivity index is 2.22. The van der Waals surface area contributed by atoms with E-state index in [-0.39, 0.29) is 6.61 Å². The summed E-state index contributed by atoms with van der Waals surface area (Å²) in [5.41, 5.74) is 8.26. The second-order valence-electron chi connectivity index (χ2n) is 4.83. The summed E-state index contributed by atoms with van der Waals surface area (Å²) in [4.78, 5) is 2.42. The summed E-state index contributed by atoms with van der Waals surface area (Å²) >= 11 is 3.49. The highest BCUT2D eigenvalue weighted by Crippen LogP contribution is 2.33. The Morgan fingerprint density at radius 2 is 2.17 bits per heavy atom. The van der Waals surface area contributed by atoms with Gasteiger partial charge in [0.15, 0.2) is 0 Å². The van der Waals surface area contributed by atoms with Gasteiger partial charge in [0.25, 0.3) is 0 Å². The number of halogens is 1. The van der Waals surface area contributed by atoms with E-state index in [9.17, 15) is 0 Å². The number of benzene rings is 1. The van der Waals surface area contributed by atoms with Crippen molar-refractivity contribution in [2.75, 3.05) is 18.1 Å². The summed E-state index contributed by atoms with van der Waals surface area (Å²) in [6, 6.07) is 6.93. The normalized spacial score (nSPS) is 15.5. The Hall–Kier alpha value is -0.580. The summed E-state index contributed by atoms with van der Waals surface area (Å²) in [5, 5.41) is 9.05. The fourth-order valence-corrected chi connectivity index (χ4v) is 2.85. The Bertz CT molecular complexity index is 393. The SMILES string of the molecule is NCc1cc(Br)ccc1N(CCCO)C1CCC1. The number of hydrogen-bond acceptors (Lipinski definition) is 3. The van der Waals surface area contributed by atoms with Crippen LogP contribution in [0.2, 0.25) is 0 Å². The van der Waals surface area contributed by atoms with Crippen molar-refractivity contribution in [3.63, 3.8) is 0 Å². The monoisotopic (exact) mass is 312 g/mol. The lowest BCUT2D eigenvalue weighted by Gasteiger charge is -2.40. The number of aliphatic hydroxyl groups is 1. The molecule has 18 heavy (non-hydrogen) atoms. The van der Waals surface area contributed by atoms with Crippen LogP contribution in [0, 0.1) is 0 Å². The summed E-state index contributed by atoms with van der Waals surface area (Å²) < 4.78 is 1.07. The molecule has 2 rings (SSSR count). The van der Waals surface area contributed by atoms with Gasteiger partial charge in [0.2, 0.25) is 0 Å². The van der Waals surface area contributed by atoms with E-state index in [1.807, 2.05) is 0 Å². The Morgan fingerprint density at radius 1 is 1.39 bits per heavy atom. The van der Waals surface area contributed by atoms with Crippen LogP contribution in [0.15, 0.2) is 22.7 Å². The first-order valence-corrected chi connectivity index (χ1v) is 7.41. The smallest absolute Gasteiger partial charge is 0.0447 e. The first kappa shape index (κ1) is 13.8. The van der Waals surface area contributed by atoms with Gasteiger partial charge < -0.3 is 15.7 Å². The van der Waals surface area contributed by atoms with E-state index in [1.165, 1.54) is 30.5 Å². The van der Waals surface area contributed by atoms with Crippen molar-refractivity contribution in [2.45, 2.75) is 38.3 Å². The lowest BCUT2D eigenvalue weighted by atomic mass is 9.90. The van der Waals surface area contributed by atoms with Gasteiger partial charge in [-0.15, -0.1) is 0 Å². The quantitative estimate of drug-likeness (QED) is 0.849. The molecule has 0 saturated heterocycles. The molecule has 1 aromatic carbocycles. The van der Waals surface area contributed by atoms with Gasteiger partial charge in [-0.05, 0) is 49.4 Å². The molecule has 0 atom stereocenters. The minimum absolute atomic E-state index is 0.248. The van der Waals surface area contributed by atoms with Crippen LogP contribution in [-0.4, -0.2) is 24.3 Å². The molecular formula is C14H21BrN2O. The van der Waals surface area contributed by atoms with Crippen LogP contribution in [0.4, 0.5) is 5.69 Å². The van der Waals surface area contributed by atoms with Crippen molar-refractivity contribution < 1.29 is 5.11 Å². The average molecular weight is 313 g/mol. The maximum atomic E-state index is 9.05. The van der Waals surface area contributed by atoms with E-state index in [1.54, 1.807) is 0 Å². The van der Waals surface area contributed by atoms with Crippen LogP contribution in [0.5, 0.6) is 0 Å². The zero-order chi connectivity index (χ0) is 13.0. The van der Waals surface area contributed by atoms with Crippen LogP contribution >= 0.6 is 15.9 Å². The molecule has 0 aromatic heterocycles. The third-order valence-electron chi connectivity index (χ3n) is 3.64. The maximum absolute atomic E-state index is 9.05. The van der Waals surface area contributed by atoms with Gasteiger partial charge in [0.05, 0.1) is 0 Å². The van der Waals surface area contributed by atoms with Gasteiger partial charge in [-0.2, -0.15) is 0 Å². The number of anilines is 1. The second-order valence-corrected chi connectivity index (χ2v) is 5.75. The molecule has 100 valence electrons. The van der Waals surface area contributed by atoms with E-state index < -0.39 is 0 Å². The Morgan fingerprint density at radius 3 is 2.72 bits per heavy atom. The van der Waals surface area contributed by atoms with Crippen LogP contribution < -0.4 is 10.6 Å². The molecule has 0 unspecified atom stereocenters. The molecule has 0 amide bonds. The zero-order valence-corrected chi connectivity index (χ0v) is 12.2. The summed E-state index contributed by atoms with van der Waals surface area (Å²) in [6.45, 7) is 1.71. The van der Waals surface area contributed by atoms with Crippen molar-refractivity contribution in [1.29, 1.82) is 0 Å². The predicted molar refractivity (Wildman–Crippen MR) is 78.7 cm³/mol. The third-order valence-corrected chi connectivity index (χ3v) is 4.14. The summed E-state index contributed by atoms with van der Waals surface area (Å²) in [7, 11) is 0. The van der Waals surface area contributed by atoms with E-state index in [4.69, 9.17) is 10.8 Å². The highest BCUT2D eigenvalue weighted by Gasteiger charge is 2.26. The number of rotatable bonds is 6. The molecule has 4 heteroatoms. The molecule has 1 aromatic rings. The number of nitrogens with two attached hydrogens (primary N) is 1. The van der Waals surface area contributed by atoms with Crippen LogP contribution in [0.3, 0.4) is 0 Å². The molecule has 1 aliphatic rings. The average Bonchev–Trinajstić information content (AvgIpc) is 2.32. The molecule has 0 spiro atoms. The Labute approximate surface area is 117 Å². The highest BCUT2D eigenvalue weighted by atomic mass is 79.9. The first-order chi connectivity index (χ1) is 8.76. The molecule has 1 fully saturated rings. The lowest BCUT2D eigenvalue weighted by molar-refractivity contribution is 0.283. The van der Waals surface area contributed by atoms with Gasteiger partial charge in [-0.25, -0.2) is 0 Å². The second kappa shape index (κ2) is 6.55. The topological polar surface area (TPSA) is 49.5 Å². The van der Waals surface area contributed by atoms with Gasteiger partial charge in [0.1, 0.15) is 0 Å². The van der Waals surface area contributed by atoms with Gasteiger partial charge >= 0.3 is 0 Å². The minimum Gasteiger partial charge on any atom is -0.396 e. The molecule has 3 N–H and O–H groups in total. The van der Waals surface area contributed by atoms with Gasteiger partial charge in [-0.3, -0.25) is 0 Å². The first-order valence-electron chi connectivity index (χ1n) is 6.62. The minimum atomic E-state index is 0.248. The van der Waals surface area contributed by atoms with E-state index in [2.05, 4.69) is 39.0 Å². The molecule has 0 bridgehead atoms. The van der Waals surface area contributed by atoms with Crippen molar-refractivity contribution in [3.8, 4) is 0 Å². The molecule has 1 aliphatic carbocycles. The fraction of sp³-hybridized carbons (Fsp3) is 0.571. The standard InChI is InChI=1S/C14H21BrN2O/c15-12-5-6-14(11(9-12)10-16)17(7-2-8-18)13-3-1-4-13/h5-6,9,13,18H,1-4,7-8,10,16H2. The van der Waals surface area contributed by atoms with E-state index >= 15 is 0 Å². The zero-order valence-electron chi connectivity index (χ0n) is 10.6. The summed E-state index contributed by atoms with van der Waals surface area (Å²) in [5.74, 6) is 0.